The van der Waals surface area contributed by atoms with Gasteiger partial charge < -0.3 is 5.11 Å². The van der Waals surface area contributed by atoms with Gasteiger partial charge in [0.1, 0.15) is 5.82 Å². The zero-order valence-electron chi connectivity index (χ0n) is 13.5. The molecule has 0 aliphatic heterocycles. The van der Waals surface area contributed by atoms with Gasteiger partial charge in [-0.25, -0.2) is 9.18 Å². The van der Waals surface area contributed by atoms with E-state index < -0.39 is 5.97 Å². The average molecular weight is 313 g/mol. The topological polar surface area (TPSA) is 49.7 Å². The number of aliphatic imine (C=N–C) groups is 1. The van der Waals surface area contributed by atoms with Crippen LogP contribution in [-0.2, 0) is 0 Å². The summed E-state index contributed by atoms with van der Waals surface area (Å²) in [4.78, 5) is 16.1. The number of carbonyl (C=O) groups is 1. The molecule has 0 heterocycles. The van der Waals surface area contributed by atoms with Gasteiger partial charge >= 0.3 is 5.97 Å². The summed E-state index contributed by atoms with van der Waals surface area (Å²) in [7, 11) is 0. The molecule has 0 amide bonds. The van der Waals surface area contributed by atoms with E-state index in [0.29, 0.717) is 16.8 Å². The number of rotatable bonds is 5. The summed E-state index contributed by atoms with van der Waals surface area (Å²) in [5.41, 5.74) is 2.85. The number of nitrogens with zero attached hydrogens (tertiary/aromatic N) is 1. The Hall–Kier alpha value is -2.49. The smallest absolute Gasteiger partial charge is 0.335 e. The van der Waals surface area contributed by atoms with Crippen molar-refractivity contribution in [3.63, 3.8) is 0 Å². The van der Waals surface area contributed by atoms with E-state index in [2.05, 4.69) is 0 Å². The van der Waals surface area contributed by atoms with Gasteiger partial charge in [0.25, 0.3) is 0 Å². The van der Waals surface area contributed by atoms with E-state index in [1.807, 2.05) is 19.9 Å². The van der Waals surface area contributed by atoms with Gasteiger partial charge in [0.15, 0.2) is 0 Å². The summed E-state index contributed by atoms with van der Waals surface area (Å²) in [6.45, 7) is 5.76. The second kappa shape index (κ2) is 7.18. The van der Waals surface area contributed by atoms with Crippen LogP contribution in [0, 0.1) is 12.7 Å². The molecule has 0 aliphatic rings. The van der Waals surface area contributed by atoms with Gasteiger partial charge in [0, 0.05) is 17.2 Å². The third kappa shape index (κ3) is 3.83. The van der Waals surface area contributed by atoms with Crippen LogP contribution in [0.2, 0.25) is 0 Å². The molecule has 3 nitrogen and oxygen atoms in total. The predicted octanol–water partition coefficient (Wildman–Crippen LogP) is 4.47. The number of benzene rings is 2. The average Bonchev–Trinajstić information content (AvgIpc) is 2.52. The summed E-state index contributed by atoms with van der Waals surface area (Å²) in [5.74, 6) is -1.32. The summed E-state index contributed by atoms with van der Waals surface area (Å²) in [6.07, 6.45) is 0.844. The zero-order valence-corrected chi connectivity index (χ0v) is 13.5. The minimum atomic E-state index is -0.980. The molecule has 1 unspecified atom stereocenters. The van der Waals surface area contributed by atoms with Gasteiger partial charge in [0.05, 0.1) is 11.3 Å². The molecule has 120 valence electrons. The maximum atomic E-state index is 13.6. The molecule has 4 heteroatoms. The molecule has 0 saturated carbocycles. The lowest BCUT2D eigenvalue weighted by Gasteiger charge is -2.14. The second-order valence-electron chi connectivity index (χ2n) is 5.53. The maximum Gasteiger partial charge on any atom is 0.335 e. The Morgan fingerprint density at radius 1 is 1.22 bits per heavy atom. The summed E-state index contributed by atoms with van der Waals surface area (Å²) in [6, 6.07) is 11.4. The van der Waals surface area contributed by atoms with E-state index >= 15 is 0 Å². The molecular formula is C19H20FNO2. The quantitative estimate of drug-likeness (QED) is 0.828. The van der Waals surface area contributed by atoms with E-state index in [0.717, 1.165) is 12.0 Å². The molecule has 0 saturated heterocycles. The van der Waals surface area contributed by atoms with E-state index in [1.165, 1.54) is 12.1 Å². The first-order valence-corrected chi connectivity index (χ1v) is 7.61. The lowest BCUT2D eigenvalue weighted by molar-refractivity contribution is 0.0696. The number of carboxylic acid groups (broad SMARTS) is 1. The Morgan fingerprint density at radius 3 is 2.48 bits per heavy atom. The summed E-state index contributed by atoms with van der Waals surface area (Å²) < 4.78 is 13.6. The highest BCUT2D eigenvalue weighted by Gasteiger charge is 2.16. The van der Waals surface area contributed by atoms with Crippen molar-refractivity contribution in [2.75, 3.05) is 0 Å². The van der Waals surface area contributed by atoms with Gasteiger partial charge in [-0.1, -0.05) is 31.2 Å². The largest absolute Gasteiger partial charge is 0.478 e. The SMILES string of the molecule is CCC(C)N=C(c1cccc(F)c1)c1cccc(C(=O)O)c1C. The Morgan fingerprint density at radius 2 is 1.87 bits per heavy atom. The molecule has 2 aromatic carbocycles. The Bertz CT molecular complexity index is 753. The van der Waals surface area contributed by atoms with E-state index in [-0.39, 0.29) is 17.4 Å². The van der Waals surface area contributed by atoms with Crippen molar-refractivity contribution in [2.45, 2.75) is 33.2 Å². The highest BCUT2D eigenvalue weighted by Crippen LogP contribution is 2.20. The van der Waals surface area contributed by atoms with Crippen molar-refractivity contribution >= 4 is 11.7 Å². The van der Waals surface area contributed by atoms with Crippen LogP contribution >= 0.6 is 0 Å². The van der Waals surface area contributed by atoms with Crippen molar-refractivity contribution in [3.8, 4) is 0 Å². The van der Waals surface area contributed by atoms with Crippen molar-refractivity contribution in [2.24, 2.45) is 4.99 Å². The van der Waals surface area contributed by atoms with Crippen LogP contribution < -0.4 is 0 Å². The van der Waals surface area contributed by atoms with Crippen LogP contribution in [0.4, 0.5) is 4.39 Å². The Labute approximate surface area is 135 Å². The number of hydrogen-bond acceptors (Lipinski definition) is 2. The van der Waals surface area contributed by atoms with Gasteiger partial charge in [-0.15, -0.1) is 0 Å². The fraction of sp³-hybridized carbons (Fsp3) is 0.263. The van der Waals surface area contributed by atoms with Crippen LogP contribution in [0.5, 0.6) is 0 Å². The minimum absolute atomic E-state index is 0.0566. The molecule has 2 rings (SSSR count). The van der Waals surface area contributed by atoms with Crippen molar-refractivity contribution < 1.29 is 14.3 Å². The molecule has 23 heavy (non-hydrogen) atoms. The predicted molar refractivity (Wildman–Crippen MR) is 89.9 cm³/mol. The number of hydrogen-bond donors (Lipinski definition) is 1. The standard InChI is InChI=1S/C19H20FNO2/c1-4-12(2)21-18(14-7-5-8-15(20)11-14)16-9-6-10-17(13(16)3)19(22)23/h5-12H,4H2,1-3H3,(H,22,23). The van der Waals surface area contributed by atoms with Crippen LogP contribution in [0.25, 0.3) is 0 Å². The number of carboxylic acids is 1. The van der Waals surface area contributed by atoms with Crippen LogP contribution in [-0.4, -0.2) is 22.8 Å². The van der Waals surface area contributed by atoms with Crippen molar-refractivity contribution in [1.82, 2.24) is 0 Å². The Balaban J connectivity index is 2.67. The minimum Gasteiger partial charge on any atom is -0.478 e. The third-order valence-corrected chi connectivity index (χ3v) is 3.86. The molecule has 0 aromatic heterocycles. The van der Waals surface area contributed by atoms with E-state index in [4.69, 9.17) is 4.99 Å². The lowest BCUT2D eigenvalue weighted by atomic mass is 9.94. The molecular weight excluding hydrogens is 293 g/mol. The molecule has 0 fully saturated rings. The second-order valence-corrected chi connectivity index (χ2v) is 5.53. The highest BCUT2D eigenvalue weighted by molar-refractivity contribution is 6.14. The van der Waals surface area contributed by atoms with Crippen molar-refractivity contribution in [3.05, 3.63) is 70.5 Å². The molecule has 1 N–H and O–H groups in total. The molecule has 1 atom stereocenters. The van der Waals surface area contributed by atoms with Crippen molar-refractivity contribution in [1.29, 1.82) is 0 Å². The molecule has 0 aliphatic carbocycles. The zero-order chi connectivity index (χ0) is 17.0. The van der Waals surface area contributed by atoms with Gasteiger partial charge in [0.2, 0.25) is 0 Å². The summed E-state index contributed by atoms with van der Waals surface area (Å²) >= 11 is 0. The maximum absolute atomic E-state index is 13.6. The first-order valence-electron chi connectivity index (χ1n) is 7.61. The molecule has 0 radical (unpaired) electrons. The van der Waals surface area contributed by atoms with Gasteiger partial charge in [-0.05, 0) is 44.0 Å². The van der Waals surface area contributed by atoms with E-state index in [9.17, 15) is 14.3 Å². The molecule has 0 spiro atoms. The van der Waals surface area contributed by atoms with Crippen LogP contribution in [0.3, 0.4) is 0 Å². The number of aromatic carboxylic acids is 1. The normalized spacial score (nSPS) is 13.0. The van der Waals surface area contributed by atoms with Crippen LogP contribution in [0.15, 0.2) is 47.5 Å². The molecule has 0 bridgehead atoms. The fourth-order valence-electron chi connectivity index (χ4n) is 2.37. The lowest BCUT2D eigenvalue weighted by Crippen LogP contribution is -2.12. The number of halogens is 1. The van der Waals surface area contributed by atoms with E-state index in [1.54, 1.807) is 31.2 Å². The first kappa shape index (κ1) is 16.9. The first-order chi connectivity index (χ1) is 10.9. The fourth-order valence-corrected chi connectivity index (χ4v) is 2.37. The third-order valence-electron chi connectivity index (χ3n) is 3.86. The van der Waals surface area contributed by atoms with Gasteiger partial charge in [-0.3, -0.25) is 4.99 Å². The highest BCUT2D eigenvalue weighted by atomic mass is 19.1. The monoisotopic (exact) mass is 313 g/mol. The summed E-state index contributed by atoms with van der Waals surface area (Å²) in [5, 5.41) is 9.31. The Kier molecular flexibility index (Phi) is 5.27. The van der Waals surface area contributed by atoms with Gasteiger partial charge in [-0.2, -0.15) is 0 Å². The van der Waals surface area contributed by atoms with Crippen LogP contribution in [0.1, 0.15) is 47.3 Å². The molecule has 2 aromatic rings.